The van der Waals surface area contributed by atoms with Crippen molar-refractivity contribution in [3.8, 4) is 0 Å². The van der Waals surface area contributed by atoms with Gasteiger partial charge in [-0.1, -0.05) is 0 Å². The lowest BCUT2D eigenvalue weighted by molar-refractivity contribution is -0.131. The topological polar surface area (TPSA) is 49.8 Å². The number of epoxide rings is 1. The average Bonchev–Trinajstić information content (AvgIpc) is 2.35. The molecule has 1 saturated heterocycles. The first-order chi connectivity index (χ1) is 4.52. The van der Waals surface area contributed by atoms with E-state index in [1.165, 1.54) is 0 Å². The van der Waals surface area contributed by atoms with Crippen LogP contribution < -0.4 is 0 Å². The molecule has 0 amide bonds. The lowest BCUT2D eigenvalue weighted by atomic mass is 10.1. The van der Waals surface area contributed by atoms with Gasteiger partial charge < -0.3 is 9.84 Å². The Labute approximate surface area is 59.3 Å². The Bertz CT molecular complexity index is 181. The van der Waals surface area contributed by atoms with E-state index >= 15 is 0 Å². The molecule has 3 nitrogen and oxygen atoms in total. The number of aliphatic carboxylic acids is 1. The van der Waals surface area contributed by atoms with Crippen molar-refractivity contribution in [3.63, 3.8) is 0 Å². The van der Waals surface area contributed by atoms with Crippen molar-refractivity contribution in [2.45, 2.75) is 25.6 Å². The summed E-state index contributed by atoms with van der Waals surface area (Å²) in [6.45, 7) is 3.84. The molecule has 1 N–H and O–H groups in total. The van der Waals surface area contributed by atoms with Crippen LogP contribution in [0.3, 0.4) is 0 Å². The van der Waals surface area contributed by atoms with Gasteiger partial charge in [0.05, 0.1) is 5.60 Å². The summed E-state index contributed by atoms with van der Waals surface area (Å²) in [5, 5.41) is 8.22. The zero-order valence-electron chi connectivity index (χ0n) is 6.00. The monoisotopic (exact) mass is 142 g/mol. The predicted molar refractivity (Wildman–Crippen MR) is 35.7 cm³/mol. The van der Waals surface area contributed by atoms with Crippen molar-refractivity contribution >= 4 is 5.97 Å². The molecule has 1 rings (SSSR count). The van der Waals surface area contributed by atoms with E-state index < -0.39 is 5.97 Å². The van der Waals surface area contributed by atoms with Crippen LogP contribution in [-0.2, 0) is 9.53 Å². The Balaban J connectivity index is 2.37. The molecule has 3 heteroatoms. The lowest BCUT2D eigenvalue weighted by Gasteiger charge is -1.86. The number of hydrogen-bond donors (Lipinski definition) is 1. The largest absolute Gasteiger partial charge is 0.478 e. The normalized spacial score (nSPS) is 28.8. The van der Waals surface area contributed by atoms with E-state index in [0.717, 1.165) is 6.08 Å². The molecule has 0 aromatic rings. The second kappa shape index (κ2) is 2.09. The van der Waals surface area contributed by atoms with Gasteiger partial charge in [0.15, 0.2) is 0 Å². The first-order valence-electron chi connectivity index (χ1n) is 3.11. The SMILES string of the molecule is CC1(C)OC1/C=C/C(=O)O. The van der Waals surface area contributed by atoms with Crippen molar-refractivity contribution in [2.24, 2.45) is 0 Å². The zero-order valence-corrected chi connectivity index (χ0v) is 6.00. The third kappa shape index (κ3) is 1.57. The van der Waals surface area contributed by atoms with E-state index in [9.17, 15) is 4.79 Å². The van der Waals surface area contributed by atoms with Crippen LogP contribution in [0.1, 0.15) is 13.8 Å². The van der Waals surface area contributed by atoms with Crippen LogP contribution in [0.4, 0.5) is 0 Å². The summed E-state index contributed by atoms with van der Waals surface area (Å²) in [7, 11) is 0. The van der Waals surface area contributed by atoms with Crippen molar-refractivity contribution in [3.05, 3.63) is 12.2 Å². The van der Waals surface area contributed by atoms with Crippen LogP contribution in [-0.4, -0.2) is 22.8 Å². The number of ether oxygens (including phenoxy) is 1. The highest BCUT2D eigenvalue weighted by Crippen LogP contribution is 2.35. The van der Waals surface area contributed by atoms with Crippen LogP contribution in [0.15, 0.2) is 12.2 Å². The Morgan fingerprint density at radius 2 is 2.20 bits per heavy atom. The fraction of sp³-hybridized carbons (Fsp3) is 0.571. The minimum Gasteiger partial charge on any atom is -0.478 e. The highest BCUT2D eigenvalue weighted by atomic mass is 16.6. The van der Waals surface area contributed by atoms with Gasteiger partial charge in [-0.2, -0.15) is 0 Å². The minimum atomic E-state index is -0.925. The van der Waals surface area contributed by atoms with Gasteiger partial charge in [-0.05, 0) is 19.9 Å². The fourth-order valence-electron chi connectivity index (χ4n) is 0.734. The third-order valence-electron chi connectivity index (χ3n) is 1.47. The highest BCUT2D eigenvalue weighted by molar-refractivity contribution is 5.79. The molecule has 1 fully saturated rings. The van der Waals surface area contributed by atoms with E-state index in [2.05, 4.69) is 0 Å². The number of carboxylic acids is 1. The van der Waals surface area contributed by atoms with Gasteiger partial charge in [0, 0.05) is 6.08 Å². The molecule has 0 aliphatic carbocycles. The van der Waals surface area contributed by atoms with Crippen molar-refractivity contribution in [2.75, 3.05) is 0 Å². The molecule has 56 valence electrons. The first kappa shape index (κ1) is 7.28. The maximum absolute atomic E-state index is 10.0. The van der Waals surface area contributed by atoms with Crippen LogP contribution in [0.25, 0.3) is 0 Å². The van der Waals surface area contributed by atoms with Crippen LogP contribution >= 0.6 is 0 Å². The molecule has 1 aliphatic rings. The van der Waals surface area contributed by atoms with Gasteiger partial charge in [0.25, 0.3) is 0 Å². The Morgan fingerprint density at radius 3 is 2.50 bits per heavy atom. The molecule has 0 bridgehead atoms. The summed E-state index contributed by atoms with van der Waals surface area (Å²) in [5.74, 6) is -0.925. The summed E-state index contributed by atoms with van der Waals surface area (Å²) in [6, 6.07) is 0. The Morgan fingerprint density at radius 1 is 1.70 bits per heavy atom. The summed E-state index contributed by atoms with van der Waals surface area (Å²) < 4.78 is 5.10. The van der Waals surface area contributed by atoms with Crippen molar-refractivity contribution in [1.29, 1.82) is 0 Å². The summed E-state index contributed by atoms with van der Waals surface area (Å²) in [5.41, 5.74) is -0.147. The molecule has 10 heavy (non-hydrogen) atoms. The first-order valence-corrected chi connectivity index (χ1v) is 3.11. The maximum atomic E-state index is 10.0. The summed E-state index contributed by atoms with van der Waals surface area (Å²) >= 11 is 0. The second-order valence-electron chi connectivity index (χ2n) is 2.84. The number of hydrogen-bond acceptors (Lipinski definition) is 2. The summed E-state index contributed by atoms with van der Waals surface area (Å²) in [4.78, 5) is 10.0. The number of rotatable bonds is 2. The molecule has 1 atom stereocenters. The molecule has 0 spiro atoms. The maximum Gasteiger partial charge on any atom is 0.328 e. The Hall–Kier alpha value is -0.830. The van der Waals surface area contributed by atoms with Crippen molar-refractivity contribution in [1.82, 2.24) is 0 Å². The van der Waals surface area contributed by atoms with E-state index in [1.54, 1.807) is 6.08 Å². The van der Waals surface area contributed by atoms with E-state index in [-0.39, 0.29) is 11.7 Å². The minimum absolute atomic E-state index is 0.0106. The molecule has 0 aromatic heterocycles. The highest BCUT2D eigenvalue weighted by Gasteiger charge is 2.45. The average molecular weight is 142 g/mol. The Kier molecular flexibility index (Phi) is 1.52. The number of carbonyl (C=O) groups is 1. The van der Waals surface area contributed by atoms with Gasteiger partial charge in [-0.25, -0.2) is 4.79 Å². The molecule has 0 saturated carbocycles. The fourth-order valence-corrected chi connectivity index (χ4v) is 0.734. The van der Waals surface area contributed by atoms with E-state index in [0.29, 0.717) is 0 Å². The second-order valence-corrected chi connectivity index (χ2v) is 2.84. The molecular weight excluding hydrogens is 132 g/mol. The van der Waals surface area contributed by atoms with Gasteiger partial charge >= 0.3 is 5.97 Å². The lowest BCUT2D eigenvalue weighted by Crippen LogP contribution is -2.00. The van der Waals surface area contributed by atoms with Gasteiger partial charge in [0.2, 0.25) is 0 Å². The van der Waals surface area contributed by atoms with Crippen LogP contribution in [0.2, 0.25) is 0 Å². The van der Waals surface area contributed by atoms with Gasteiger partial charge in [0.1, 0.15) is 6.10 Å². The smallest absolute Gasteiger partial charge is 0.328 e. The molecular formula is C7H10O3. The quantitative estimate of drug-likeness (QED) is 0.458. The van der Waals surface area contributed by atoms with Gasteiger partial charge in [-0.3, -0.25) is 0 Å². The molecule has 1 aliphatic heterocycles. The number of carboxylic acid groups (broad SMARTS) is 1. The van der Waals surface area contributed by atoms with E-state index in [1.807, 2.05) is 13.8 Å². The summed E-state index contributed by atoms with van der Waals surface area (Å²) in [6.07, 6.45) is 2.66. The van der Waals surface area contributed by atoms with Crippen molar-refractivity contribution < 1.29 is 14.6 Å². The molecule has 1 heterocycles. The zero-order chi connectivity index (χ0) is 7.78. The molecule has 1 unspecified atom stereocenters. The van der Waals surface area contributed by atoms with Gasteiger partial charge in [-0.15, -0.1) is 0 Å². The van der Waals surface area contributed by atoms with Crippen LogP contribution in [0.5, 0.6) is 0 Å². The molecule has 0 radical (unpaired) electrons. The third-order valence-corrected chi connectivity index (χ3v) is 1.47. The van der Waals surface area contributed by atoms with Crippen LogP contribution in [0, 0.1) is 0 Å². The molecule has 0 aromatic carbocycles. The standard InChI is InChI=1S/C7H10O3/c1-7(2)5(10-7)3-4-6(8)9/h3-5H,1-2H3,(H,8,9)/b4-3+. The predicted octanol–water partition coefficient (Wildman–Crippen LogP) is 0.805. The van der Waals surface area contributed by atoms with E-state index in [4.69, 9.17) is 9.84 Å².